The summed E-state index contributed by atoms with van der Waals surface area (Å²) in [5.41, 5.74) is 0.589. The largest absolute Gasteiger partial charge is 0.379 e. The molecule has 2 saturated heterocycles. The molecule has 0 aliphatic carbocycles. The van der Waals surface area contributed by atoms with E-state index in [2.05, 4.69) is 16.9 Å². The number of aryl methyl sites for hydroxylation is 1. The Bertz CT molecular complexity index is 476. The molecule has 2 atom stereocenters. The lowest BCUT2D eigenvalue weighted by Crippen LogP contribution is -2.44. The smallest absolute Gasteiger partial charge is 0.273 e. The zero-order chi connectivity index (χ0) is 13.4. The fraction of sp³-hybridized carbons (Fsp3) is 0.692. The van der Waals surface area contributed by atoms with Gasteiger partial charge in [0.25, 0.3) is 5.91 Å². The molecular weight excluding hydrogens is 262 g/mol. The topological polar surface area (TPSA) is 45.7 Å². The number of hydrogen-bond acceptors (Lipinski definition) is 5. The summed E-state index contributed by atoms with van der Waals surface area (Å²) in [7, 11) is 2.12. The monoisotopic (exact) mass is 281 g/mol. The van der Waals surface area contributed by atoms with Gasteiger partial charge in [0.1, 0.15) is 5.69 Å². The van der Waals surface area contributed by atoms with Gasteiger partial charge in [0.2, 0.25) is 0 Å². The number of hydrogen-bond donors (Lipinski definition) is 0. The molecule has 0 N–H and O–H groups in total. The molecule has 5 nitrogen and oxygen atoms in total. The first-order valence-corrected chi connectivity index (χ1v) is 7.51. The zero-order valence-corrected chi connectivity index (χ0v) is 12.2. The molecule has 0 saturated carbocycles. The lowest BCUT2D eigenvalue weighted by molar-refractivity contribution is 0.0430. The molecule has 3 heterocycles. The standard InChI is InChI=1S/C13H19N3O2S/c1-9-14-12(8-19-9)13(17)16-4-10-3-15(2)11(5-16)7-18-6-10/h8,10-11H,3-7H2,1-2H3/t10-,11+/m1/s1. The van der Waals surface area contributed by atoms with Gasteiger partial charge >= 0.3 is 0 Å². The van der Waals surface area contributed by atoms with Crippen LogP contribution >= 0.6 is 11.3 Å². The quantitative estimate of drug-likeness (QED) is 0.766. The summed E-state index contributed by atoms with van der Waals surface area (Å²) in [4.78, 5) is 21.1. The van der Waals surface area contributed by atoms with Crippen LogP contribution in [0.4, 0.5) is 0 Å². The molecule has 3 rings (SSSR count). The lowest BCUT2D eigenvalue weighted by Gasteiger charge is -2.29. The minimum atomic E-state index is 0.0662. The van der Waals surface area contributed by atoms with E-state index >= 15 is 0 Å². The molecule has 2 fully saturated rings. The van der Waals surface area contributed by atoms with Gasteiger partial charge in [-0.3, -0.25) is 9.69 Å². The maximum Gasteiger partial charge on any atom is 0.273 e. The van der Waals surface area contributed by atoms with Crippen LogP contribution in [0.1, 0.15) is 15.5 Å². The fourth-order valence-electron chi connectivity index (χ4n) is 2.84. The van der Waals surface area contributed by atoms with E-state index in [0.29, 0.717) is 24.3 Å². The minimum Gasteiger partial charge on any atom is -0.379 e. The van der Waals surface area contributed by atoms with Crippen molar-refractivity contribution in [1.29, 1.82) is 0 Å². The molecule has 1 aromatic rings. The molecule has 19 heavy (non-hydrogen) atoms. The van der Waals surface area contributed by atoms with Gasteiger partial charge in [-0.1, -0.05) is 0 Å². The minimum absolute atomic E-state index is 0.0662. The van der Waals surface area contributed by atoms with E-state index in [1.165, 1.54) is 11.3 Å². The molecule has 1 aromatic heterocycles. The molecule has 1 amide bonds. The first-order chi connectivity index (χ1) is 9.13. The van der Waals surface area contributed by atoms with Crippen LogP contribution < -0.4 is 0 Å². The van der Waals surface area contributed by atoms with Gasteiger partial charge in [-0.25, -0.2) is 4.98 Å². The Kier molecular flexibility index (Phi) is 3.56. The van der Waals surface area contributed by atoms with E-state index in [9.17, 15) is 4.79 Å². The van der Waals surface area contributed by atoms with Crippen LogP contribution in [0.5, 0.6) is 0 Å². The second-order valence-corrected chi connectivity index (χ2v) is 6.52. The Hall–Kier alpha value is -0.980. The highest BCUT2D eigenvalue weighted by Crippen LogP contribution is 2.20. The maximum atomic E-state index is 12.5. The van der Waals surface area contributed by atoms with Crippen LogP contribution in [0.25, 0.3) is 0 Å². The summed E-state index contributed by atoms with van der Waals surface area (Å²) in [6.45, 7) is 5.91. The summed E-state index contributed by atoms with van der Waals surface area (Å²) in [6.07, 6.45) is 0. The summed E-state index contributed by atoms with van der Waals surface area (Å²) in [5, 5.41) is 2.80. The number of aromatic nitrogens is 1. The molecular formula is C13H19N3O2S. The molecule has 2 aliphatic rings. The second-order valence-electron chi connectivity index (χ2n) is 5.46. The fourth-order valence-corrected chi connectivity index (χ4v) is 3.43. The highest BCUT2D eigenvalue weighted by molar-refractivity contribution is 7.09. The number of carbonyl (C=O) groups excluding carboxylic acids is 1. The molecule has 2 aliphatic heterocycles. The van der Waals surface area contributed by atoms with Crippen LogP contribution in [-0.4, -0.2) is 66.6 Å². The number of rotatable bonds is 1. The van der Waals surface area contributed by atoms with E-state index in [1.54, 1.807) is 0 Å². The third-order valence-corrected chi connectivity index (χ3v) is 4.64. The van der Waals surface area contributed by atoms with Gasteiger partial charge in [0, 0.05) is 30.9 Å². The number of carbonyl (C=O) groups is 1. The average Bonchev–Trinajstić information content (AvgIpc) is 2.62. The zero-order valence-electron chi connectivity index (χ0n) is 11.3. The summed E-state index contributed by atoms with van der Waals surface area (Å²) >= 11 is 1.53. The lowest BCUT2D eigenvalue weighted by atomic mass is 10.1. The van der Waals surface area contributed by atoms with Gasteiger partial charge in [0.15, 0.2) is 0 Å². The molecule has 2 bridgehead atoms. The Labute approximate surface area is 117 Å². The van der Waals surface area contributed by atoms with Gasteiger partial charge in [-0.15, -0.1) is 11.3 Å². The van der Waals surface area contributed by atoms with Gasteiger partial charge in [0.05, 0.1) is 24.3 Å². The molecule has 104 valence electrons. The van der Waals surface area contributed by atoms with Crippen molar-refractivity contribution in [1.82, 2.24) is 14.8 Å². The van der Waals surface area contributed by atoms with Gasteiger partial charge < -0.3 is 9.64 Å². The number of nitrogens with zero attached hydrogens (tertiary/aromatic N) is 3. The molecule has 0 unspecified atom stereocenters. The van der Waals surface area contributed by atoms with Crippen LogP contribution in [0.3, 0.4) is 0 Å². The van der Waals surface area contributed by atoms with Crippen LogP contribution in [-0.2, 0) is 4.74 Å². The predicted molar refractivity (Wildman–Crippen MR) is 73.5 cm³/mol. The summed E-state index contributed by atoms with van der Waals surface area (Å²) in [6, 6.07) is 0.302. The van der Waals surface area contributed by atoms with Crippen molar-refractivity contribution in [2.75, 3.05) is 39.9 Å². The van der Waals surface area contributed by atoms with Crippen LogP contribution in [0, 0.1) is 12.8 Å². The number of thiazole rings is 1. The number of amides is 1. The third-order valence-electron chi connectivity index (χ3n) is 3.87. The van der Waals surface area contributed by atoms with E-state index in [4.69, 9.17) is 4.74 Å². The molecule has 0 spiro atoms. The number of ether oxygens (including phenoxy) is 1. The SMILES string of the molecule is Cc1nc(C(=O)N2C[C@@H]3COC[C@H](C2)N(C)C3)cs1. The Morgan fingerprint density at radius 2 is 2.26 bits per heavy atom. The first-order valence-electron chi connectivity index (χ1n) is 6.63. The molecule has 0 radical (unpaired) electrons. The van der Waals surface area contributed by atoms with E-state index in [1.807, 2.05) is 17.2 Å². The van der Waals surface area contributed by atoms with Gasteiger partial charge in [-0.2, -0.15) is 0 Å². The first kappa shape index (κ1) is 13.0. The second kappa shape index (κ2) is 5.19. The predicted octanol–water partition coefficient (Wildman–Crippen LogP) is 0.854. The highest BCUT2D eigenvalue weighted by Gasteiger charge is 2.34. The normalized spacial score (nSPS) is 28.2. The van der Waals surface area contributed by atoms with Crippen molar-refractivity contribution in [2.24, 2.45) is 5.92 Å². The van der Waals surface area contributed by atoms with Crippen molar-refractivity contribution >= 4 is 17.2 Å². The molecule has 0 aromatic carbocycles. The van der Waals surface area contributed by atoms with Crippen molar-refractivity contribution in [2.45, 2.75) is 13.0 Å². The number of likely N-dealkylation sites (N-methyl/N-ethyl adjacent to an activating group) is 1. The number of fused-ring (bicyclic) bond motifs is 3. The van der Waals surface area contributed by atoms with Crippen molar-refractivity contribution in [3.8, 4) is 0 Å². The Balaban J connectivity index is 1.80. The summed E-state index contributed by atoms with van der Waals surface area (Å²) < 4.78 is 5.68. The van der Waals surface area contributed by atoms with Crippen molar-refractivity contribution in [3.05, 3.63) is 16.1 Å². The van der Waals surface area contributed by atoms with Gasteiger partial charge in [-0.05, 0) is 14.0 Å². The van der Waals surface area contributed by atoms with Crippen molar-refractivity contribution < 1.29 is 9.53 Å². The highest BCUT2D eigenvalue weighted by atomic mass is 32.1. The van der Waals surface area contributed by atoms with Crippen LogP contribution in [0.2, 0.25) is 0 Å². The van der Waals surface area contributed by atoms with E-state index in [-0.39, 0.29) is 5.91 Å². The average molecular weight is 281 g/mol. The van der Waals surface area contributed by atoms with E-state index in [0.717, 1.165) is 31.2 Å². The van der Waals surface area contributed by atoms with E-state index < -0.39 is 0 Å². The Morgan fingerprint density at radius 3 is 3.00 bits per heavy atom. The molecule has 6 heteroatoms. The van der Waals surface area contributed by atoms with Crippen molar-refractivity contribution in [3.63, 3.8) is 0 Å². The maximum absolute atomic E-state index is 12.5. The third kappa shape index (κ3) is 2.66. The van der Waals surface area contributed by atoms with Crippen LogP contribution in [0.15, 0.2) is 5.38 Å². The Morgan fingerprint density at radius 1 is 1.42 bits per heavy atom. The summed E-state index contributed by atoms with van der Waals surface area (Å²) in [5.74, 6) is 0.470.